The average Bonchev–Trinajstić information content (AvgIpc) is 3.81. The minimum atomic E-state index is 0.957. The van der Waals surface area contributed by atoms with Crippen LogP contribution in [0.15, 0.2) is 207 Å². The van der Waals surface area contributed by atoms with Gasteiger partial charge >= 0.3 is 0 Å². The fourth-order valence-electron chi connectivity index (χ4n) is 8.64. The van der Waals surface area contributed by atoms with Gasteiger partial charge in [-0.3, -0.25) is 9.97 Å². The zero-order chi connectivity index (χ0) is 37.0. The Morgan fingerprint density at radius 1 is 0.304 bits per heavy atom. The van der Waals surface area contributed by atoms with Crippen LogP contribution >= 0.6 is 0 Å². The minimum absolute atomic E-state index is 0.957. The summed E-state index contributed by atoms with van der Waals surface area (Å²) in [5, 5.41) is 4.86. The van der Waals surface area contributed by atoms with Crippen LogP contribution in [0, 0.1) is 0 Å². The van der Waals surface area contributed by atoms with Crippen LogP contribution in [0.5, 0.6) is 0 Å². The van der Waals surface area contributed by atoms with Gasteiger partial charge in [0.05, 0.1) is 33.5 Å². The number of nitrogens with zero attached hydrogens (tertiary/aromatic N) is 4. The van der Waals surface area contributed by atoms with Crippen molar-refractivity contribution in [2.24, 2.45) is 0 Å². The third-order valence-electron chi connectivity index (χ3n) is 11.0. The molecule has 0 aliphatic carbocycles. The van der Waals surface area contributed by atoms with Crippen LogP contribution in [0.25, 0.3) is 99.8 Å². The average molecular weight is 715 g/mol. The molecule has 0 spiro atoms. The van der Waals surface area contributed by atoms with Crippen LogP contribution in [-0.2, 0) is 0 Å². The van der Waals surface area contributed by atoms with E-state index in [-0.39, 0.29) is 0 Å². The molecule has 0 amide bonds. The monoisotopic (exact) mass is 714 g/mol. The molecule has 0 N–H and O–H groups in total. The Morgan fingerprint density at radius 2 is 0.696 bits per heavy atom. The number of hydrogen-bond donors (Lipinski definition) is 0. The molecule has 56 heavy (non-hydrogen) atoms. The summed E-state index contributed by atoms with van der Waals surface area (Å²) in [7, 11) is 0. The Balaban J connectivity index is 1.09. The van der Waals surface area contributed by atoms with Crippen molar-refractivity contribution >= 4 is 43.6 Å². The van der Waals surface area contributed by atoms with Gasteiger partial charge in [0.15, 0.2) is 0 Å². The Kier molecular flexibility index (Phi) is 7.46. The van der Waals surface area contributed by atoms with E-state index < -0.39 is 0 Å². The molecule has 262 valence electrons. The van der Waals surface area contributed by atoms with E-state index in [1.54, 1.807) is 0 Å². The second kappa shape index (κ2) is 13.1. The first-order valence-electron chi connectivity index (χ1n) is 19.0. The first-order chi connectivity index (χ1) is 27.8. The van der Waals surface area contributed by atoms with E-state index in [4.69, 9.17) is 9.97 Å². The summed E-state index contributed by atoms with van der Waals surface area (Å²) in [6, 6.07) is 69.4. The largest absolute Gasteiger partial charge is 0.309 e. The highest BCUT2D eigenvalue weighted by atomic mass is 15.0. The summed E-state index contributed by atoms with van der Waals surface area (Å²) in [5.41, 5.74) is 15.6. The maximum Gasteiger partial charge on any atom is 0.0723 e. The van der Waals surface area contributed by atoms with Crippen LogP contribution in [0.1, 0.15) is 0 Å². The van der Waals surface area contributed by atoms with Crippen molar-refractivity contribution in [3.8, 4) is 56.1 Å². The van der Waals surface area contributed by atoms with E-state index in [2.05, 4.69) is 191 Å². The van der Waals surface area contributed by atoms with Crippen molar-refractivity contribution in [1.82, 2.24) is 19.1 Å². The molecule has 0 saturated carbocycles. The second-order valence-electron chi connectivity index (χ2n) is 14.2. The van der Waals surface area contributed by atoms with Gasteiger partial charge in [-0.05, 0) is 82.9 Å². The van der Waals surface area contributed by atoms with Crippen LogP contribution in [0.3, 0.4) is 0 Å². The van der Waals surface area contributed by atoms with E-state index in [1.807, 2.05) is 24.5 Å². The lowest BCUT2D eigenvalue weighted by Crippen LogP contribution is -1.97. The number of aromatic nitrogens is 4. The van der Waals surface area contributed by atoms with Crippen molar-refractivity contribution in [3.63, 3.8) is 0 Å². The molecule has 7 aromatic carbocycles. The number of pyridine rings is 2. The smallest absolute Gasteiger partial charge is 0.0723 e. The van der Waals surface area contributed by atoms with Crippen molar-refractivity contribution in [2.75, 3.05) is 0 Å². The molecule has 0 unspecified atom stereocenters. The van der Waals surface area contributed by atoms with E-state index >= 15 is 0 Å². The Bertz CT molecular complexity index is 3030. The summed E-state index contributed by atoms with van der Waals surface area (Å²) in [5.74, 6) is 0. The van der Waals surface area contributed by atoms with Gasteiger partial charge in [0, 0.05) is 56.4 Å². The predicted octanol–water partition coefficient (Wildman–Crippen LogP) is 13.3. The summed E-state index contributed by atoms with van der Waals surface area (Å²) in [6.45, 7) is 0. The molecule has 0 radical (unpaired) electrons. The molecule has 0 aliphatic heterocycles. The van der Waals surface area contributed by atoms with Gasteiger partial charge in [0.2, 0.25) is 0 Å². The van der Waals surface area contributed by atoms with Crippen LogP contribution < -0.4 is 0 Å². The van der Waals surface area contributed by atoms with E-state index in [1.165, 1.54) is 43.7 Å². The molecule has 4 aromatic heterocycles. The molecule has 0 aliphatic rings. The molecular formula is C52H34N4. The van der Waals surface area contributed by atoms with Gasteiger partial charge in [-0.25, -0.2) is 0 Å². The quantitative estimate of drug-likeness (QED) is 0.172. The van der Waals surface area contributed by atoms with Gasteiger partial charge in [-0.1, -0.05) is 133 Å². The third-order valence-corrected chi connectivity index (χ3v) is 11.0. The lowest BCUT2D eigenvalue weighted by atomic mass is 9.94. The second-order valence-corrected chi connectivity index (χ2v) is 14.2. The summed E-state index contributed by atoms with van der Waals surface area (Å²) in [4.78, 5) is 9.55. The lowest BCUT2D eigenvalue weighted by Gasteiger charge is -2.16. The van der Waals surface area contributed by atoms with Gasteiger partial charge in [-0.2, -0.15) is 0 Å². The molecule has 4 heterocycles. The molecular weight excluding hydrogens is 681 g/mol. The SMILES string of the molecule is c1ccc(-c2cccc3c4ccccc4n(-c4cccc(-c5ccccc5-c5cccc(-n6c7ccccc7c7cccc(-c8ccccn8)c76)c5)c4)c23)nc1. The van der Waals surface area contributed by atoms with E-state index in [0.29, 0.717) is 0 Å². The zero-order valence-corrected chi connectivity index (χ0v) is 30.4. The maximum absolute atomic E-state index is 4.78. The zero-order valence-electron chi connectivity index (χ0n) is 30.4. The summed E-state index contributed by atoms with van der Waals surface area (Å²) >= 11 is 0. The van der Waals surface area contributed by atoms with Gasteiger partial charge in [-0.15, -0.1) is 0 Å². The van der Waals surface area contributed by atoms with Crippen molar-refractivity contribution in [1.29, 1.82) is 0 Å². The molecule has 4 heteroatoms. The number of para-hydroxylation sites is 4. The van der Waals surface area contributed by atoms with Gasteiger partial charge in [0.25, 0.3) is 0 Å². The molecule has 11 rings (SSSR count). The number of benzene rings is 7. The van der Waals surface area contributed by atoms with E-state index in [0.717, 1.165) is 56.0 Å². The standard InChI is InChI=1S/C52H34N4/c1-2-20-40(36-16-12-18-38(34-36)56-50-30-6-4-22-42(50)44-24-14-26-46(52(44)56)48-28-8-10-32-54-48)39(19-1)35-15-11-17-37(33-35)55-49-29-5-3-21-41(49)43-23-13-25-45(51(43)55)47-27-7-9-31-53-47/h1-34H. The molecule has 0 saturated heterocycles. The summed E-state index contributed by atoms with van der Waals surface area (Å²) < 4.78 is 4.81. The van der Waals surface area contributed by atoms with Crippen molar-refractivity contribution in [2.45, 2.75) is 0 Å². The first kappa shape index (κ1) is 31.9. The molecule has 0 fully saturated rings. The van der Waals surface area contributed by atoms with Crippen LogP contribution in [0.4, 0.5) is 0 Å². The normalized spacial score (nSPS) is 11.6. The molecule has 11 aromatic rings. The van der Waals surface area contributed by atoms with Gasteiger partial charge < -0.3 is 9.13 Å². The number of fused-ring (bicyclic) bond motifs is 6. The number of rotatable bonds is 6. The molecule has 0 atom stereocenters. The maximum atomic E-state index is 4.78. The minimum Gasteiger partial charge on any atom is -0.309 e. The van der Waals surface area contributed by atoms with E-state index in [9.17, 15) is 0 Å². The Labute approximate surface area is 324 Å². The Hall–Kier alpha value is -7.56. The highest BCUT2D eigenvalue weighted by Gasteiger charge is 2.20. The highest BCUT2D eigenvalue weighted by molar-refractivity contribution is 6.14. The fourth-order valence-corrected chi connectivity index (χ4v) is 8.64. The van der Waals surface area contributed by atoms with Crippen LogP contribution in [-0.4, -0.2) is 19.1 Å². The van der Waals surface area contributed by atoms with Crippen LogP contribution in [0.2, 0.25) is 0 Å². The Morgan fingerprint density at radius 3 is 1.16 bits per heavy atom. The van der Waals surface area contributed by atoms with Crippen molar-refractivity contribution < 1.29 is 0 Å². The highest BCUT2D eigenvalue weighted by Crippen LogP contribution is 2.41. The molecule has 4 nitrogen and oxygen atoms in total. The lowest BCUT2D eigenvalue weighted by molar-refractivity contribution is 1.18. The molecule has 0 bridgehead atoms. The summed E-state index contributed by atoms with van der Waals surface area (Å²) in [6.07, 6.45) is 3.74. The van der Waals surface area contributed by atoms with Crippen molar-refractivity contribution in [3.05, 3.63) is 207 Å². The first-order valence-corrected chi connectivity index (χ1v) is 19.0. The predicted molar refractivity (Wildman–Crippen MR) is 232 cm³/mol. The third kappa shape index (κ3) is 5.08. The number of hydrogen-bond acceptors (Lipinski definition) is 2. The topological polar surface area (TPSA) is 35.6 Å². The fraction of sp³-hybridized carbons (Fsp3) is 0. The van der Waals surface area contributed by atoms with Gasteiger partial charge in [0.1, 0.15) is 0 Å².